The Bertz CT molecular complexity index is 1240. The number of ether oxygens (including phenoxy) is 2. The molecule has 1 aliphatic rings. The van der Waals surface area contributed by atoms with Crippen molar-refractivity contribution in [1.29, 1.82) is 0 Å². The number of hydrogen-bond acceptors (Lipinski definition) is 6. The molecule has 1 unspecified atom stereocenters. The van der Waals surface area contributed by atoms with Crippen LogP contribution in [0.3, 0.4) is 0 Å². The molecule has 0 bridgehead atoms. The summed E-state index contributed by atoms with van der Waals surface area (Å²) in [4.78, 5) is 6.71. The second kappa shape index (κ2) is 10.9. The Hall–Kier alpha value is -3.46. The van der Waals surface area contributed by atoms with E-state index in [-0.39, 0.29) is 11.9 Å². The quantitative estimate of drug-likeness (QED) is 0.297. The molecule has 9 heteroatoms. The molecular formula is C26H29FN4O3S. The Kier molecular flexibility index (Phi) is 7.65. The highest BCUT2D eigenvalue weighted by atomic mass is 32.1. The molecule has 2 heterocycles. The van der Waals surface area contributed by atoms with Gasteiger partial charge in [-0.2, -0.15) is 4.98 Å². The van der Waals surface area contributed by atoms with Crippen LogP contribution < -0.4 is 14.8 Å². The predicted molar refractivity (Wildman–Crippen MR) is 137 cm³/mol. The van der Waals surface area contributed by atoms with Gasteiger partial charge in [-0.25, -0.2) is 4.39 Å². The van der Waals surface area contributed by atoms with Gasteiger partial charge < -0.3 is 24.2 Å². The number of unbranched alkanes of at least 4 members (excludes halogenated alkanes) is 2. The van der Waals surface area contributed by atoms with Crippen LogP contribution in [-0.2, 0) is 0 Å². The fourth-order valence-corrected chi connectivity index (χ4v) is 4.55. The minimum Gasteiger partial charge on any atom is -0.493 e. The van der Waals surface area contributed by atoms with Gasteiger partial charge in [0.15, 0.2) is 16.6 Å². The van der Waals surface area contributed by atoms with Crippen LogP contribution in [0.5, 0.6) is 11.5 Å². The van der Waals surface area contributed by atoms with Gasteiger partial charge in [-0.15, -0.1) is 0 Å². The topological polar surface area (TPSA) is 72.7 Å². The lowest BCUT2D eigenvalue weighted by atomic mass is 9.94. The third-order valence-electron chi connectivity index (χ3n) is 6.06. The van der Waals surface area contributed by atoms with E-state index in [4.69, 9.17) is 26.2 Å². The smallest absolute Gasteiger partial charge is 0.258 e. The predicted octanol–water partition coefficient (Wildman–Crippen LogP) is 5.75. The largest absolute Gasteiger partial charge is 0.493 e. The molecule has 4 rings (SSSR count). The molecule has 7 nitrogen and oxygen atoms in total. The maximum Gasteiger partial charge on any atom is 0.258 e. The number of nitrogens with one attached hydrogen (secondary N) is 1. The Balaban J connectivity index is 1.80. The molecule has 0 amide bonds. The molecule has 0 radical (unpaired) electrons. The van der Waals surface area contributed by atoms with Gasteiger partial charge in [0.05, 0.1) is 25.8 Å². The third kappa shape index (κ3) is 5.14. The summed E-state index contributed by atoms with van der Waals surface area (Å²) in [5.74, 6) is 1.53. The number of hydrogen-bond donors (Lipinski definition) is 1. The monoisotopic (exact) mass is 496 g/mol. The number of benzene rings is 2. The van der Waals surface area contributed by atoms with E-state index in [0.717, 1.165) is 42.6 Å². The van der Waals surface area contributed by atoms with Crippen LogP contribution in [0.4, 0.5) is 4.39 Å². The van der Waals surface area contributed by atoms with E-state index < -0.39 is 0 Å². The molecule has 0 spiro atoms. The van der Waals surface area contributed by atoms with Crippen molar-refractivity contribution in [2.24, 2.45) is 0 Å². The number of halogens is 1. The van der Waals surface area contributed by atoms with Gasteiger partial charge in [-0.3, -0.25) is 0 Å². The molecule has 0 saturated heterocycles. The number of methoxy groups -OCH3 is 2. The minimum absolute atomic E-state index is 0.316. The highest BCUT2D eigenvalue weighted by Gasteiger charge is 2.34. The van der Waals surface area contributed by atoms with E-state index in [0.29, 0.717) is 33.9 Å². The lowest BCUT2D eigenvalue weighted by Crippen LogP contribution is -2.46. The summed E-state index contributed by atoms with van der Waals surface area (Å²) >= 11 is 5.76. The first-order valence-corrected chi connectivity index (χ1v) is 12.0. The van der Waals surface area contributed by atoms with Gasteiger partial charge >= 0.3 is 0 Å². The summed E-state index contributed by atoms with van der Waals surface area (Å²) < 4.78 is 30.4. The van der Waals surface area contributed by atoms with Crippen LogP contribution in [0.25, 0.3) is 17.0 Å². The average molecular weight is 497 g/mol. The van der Waals surface area contributed by atoms with Gasteiger partial charge in [0.1, 0.15) is 5.82 Å². The molecule has 0 saturated carbocycles. The fraction of sp³-hybridized carbons (Fsp3) is 0.346. The number of rotatable bonds is 9. The number of allylic oxidation sites excluding steroid dienone is 1. The zero-order valence-corrected chi connectivity index (χ0v) is 21.1. The standard InChI is InChI=1S/C26H29FN4O3S/c1-5-6-7-13-31-16(2)22(25-29-24(30-34-25)18-9-8-10-19(27)14-18)23(28-26(31)35)17-11-12-20(32-3)21(15-17)33-4/h8-12,14-15,23H,5-7,13H2,1-4H3,(H,28,35). The van der Waals surface area contributed by atoms with E-state index in [1.165, 1.54) is 12.1 Å². The lowest BCUT2D eigenvalue weighted by Gasteiger charge is -2.37. The average Bonchev–Trinajstić information content (AvgIpc) is 3.35. The van der Waals surface area contributed by atoms with Crippen LogP contribution in [0.2, 0.25) is 0 Å². The lowest BCUT2D eigenvalue weighted by molar-refractivity contribution is 0.354. The van der Waals surface area contributed by atoms with Crippen molar-refractivity contribution in [3.05, 3.63) is 65.4 Å². The van der Waals surface area contributed by atoms with Crippen LogP contribution in [-0.4, -0.2) is 40.9 Å². The molecule has 0 aliphatic carbocycles. The molecular weight excluding hydrogens is 467 g/mol. The van der Waals surface area contributed by atoms with Crippen LogP contribution in [0.1, 0.15) is 50.6 Å². The van der Waals surface area contributed by atoms with Gasteiger partial charge in [0, 0.05) is 17.8 Å². The third-order valence-corrected chi connectivity index (χ3v) is 6.40. The van der Waals surface area contributed by atoms with Crippen molar-refractivity contribution in [2.45, 2.75) is 39.2 Å². The molecule has 3 aromatic rings. The van der Waals surface area contributed by atoms with Crippen molar-refractivity contribution in [1.82, 2.24) is 20.4 Å². The Morgan fingerprint density at radius 2 is 1.91 bits per heavy atom. The number of nitrogens with zero attached hydrogens (tertiary/aromatic N) is 3. The van der Waals surface area contributed by atoms with Crippen LogP contribution >= 0.6 is 12.2 Å². The van der Waals surface area contributed by atoms with Crippen molar-refractivity contribution >= 4 is 22.9 Å². The highest BCUT2D eigenvalue weighted by Crippen LogP contribution is 2.40. The summed E-state index contributed by atoms with van der Waals surface area (Å²) in [5.41, 5.74) is 3.18. The van der Waals surface area contributed by atoms with Crippen molar-refractivity contribution in [3.8, 4) is 22.9 Å². The van der Waals surface area contributed by atoms with E-state index in [1.54, 1.807) is 26.4 Å². The fourth-order valence-electron chi connectivity index (χ4n) is 4.21. The first kappa shape index (κ1) is 24.7. The molecule has 1 atom stereocenters. The maximum absolute atomic E-state index is 13.8. The molecule has 184 valence electrons. The van der Waals surface area contributed by atoms with Crippen molar-refractivity contribution < 1.29 is 18.4 Å². The summed E-state index contributed by atoms with van der Waals surface area (Å²) in [6.45, 7) is 4.95. The number of aromatic nitrogens is 2. The second-order valence-corrected chi connectivity index (χ2v) is 8.67. The molecule has 0 fully saturated rings. The van der Waals surface area contributed by atoms with E-state index in [1.807, 2.05) is 25.1 Å². The first-order valence-electron chi connectivity index (χ1n) is 11.6. The Morgan fingerprint density at radius 3 is 2.63 bits per heavy atom. The normalized spacial score (nSPS) is 15.9. The van der Waals surface area contributed by atoms with E-state index in [2.05, 4.69) is 27.3 Å². The molecule has 2 aromatic carbocycles. The van der Waals surface area contributed by atoms with Crippen molar-refractivity contribution in [3.63, 3.8) is 0 Å². The first-order chi connectivity index (χ1) is 17.0. The van der Waals surface area contributed by atoms with Gasteiger partial charge in [-0.05, 0) is 55.4 Å². The van der Waals surface area contributed by atoms with Crippen LogP contribution in [0, 0.1) is 5.82 Å². The van der Waals surface area contributed by atoms with Crippen molar-refractivity contribution in [2.75, 3.05) is 20.8 Å². The maximum atomic E-state index is 13.8. The van der Waals surface area contributed by atoms with Gasteiger partial charge in [0.25, 0.3) is 5.89 Å². The SMILES string of the molecule is CCCCCN1C(=S)NC(c2ccc(OC)c(OC)c2)C(c2nc(-c3cccc(F)c3)no2)=C1C. The zero-order valence-electron chi connectivity index (χ0n) is 20.3. The summed E-state index contributed by atoms with van der Waals surface area (Å²) in [7, 11) is 3.20. The summed E-state index contributed by atoms with van der Waals surface area (Å²) in [6, 6.07) is 11.5. The van der Waals surface area contributed by atoms with Crippen LogP contribution in [0.15, 0.2) is 52.7 Å². The molecule has 1 aromatic heterocycles. The minimum atomic E-state index is -0.362. The van der Waals surface area contributed by atoms with Gasteiger partial charge in [-0.1, -0.05) is 43.1 Å². The Labute approximate surface area is 209 Å². The zero-order chi connectivity index (χ0) is 24.9. The van der Waals surface area contributed by atoms with Gasteiger partial charge in [0.2, 0.25) is 5.82 Å². The van der Waals surface area contributed by atoms with E-state index >= 15 is 0 Å². The molecule has 35 heavy (non-hydrogen) atoms. The number of thiocarbonyl (C=S) groups is 1. The van der Waals surface area contributed by atoms with E-state index in [9.17, 15) is 4.39 Å². The second-order valence-electron chi connectivity index (χ2n) is 8.29. The Morgan fingerprint density at radius 1 is 1.11 bits per heavy atom. The summed E-state index contributed by atoms with van der Waals surface area (Å²) in [6.07, 6.45) is 3.21. The molecule has 1 N–H and O–H groups in total. The highest BCUT2D eigenvalue weighted by molar-refractivity contribution is 7.80. The summed E-state index contributed by atoms with van der Waals surface area (Å²) in [5, 5.41) is 8.22. The molecule has 1 aliphatic heterocycles.